The molecule has 6 rings (SSSR count). The maximum Gasteiger partial charge on any atom is 0.334 e. The van der Waals surface area contributed by atoms with Crippen LogP contribution in [0, 0.1) is 19.8 Å². The summed E-state index contributed by atoms with van der Waals surface area (Å²) in [4.78, 5) is 67.2. The molecule has 4 N–H and O–H groups in total. The van der Waals surface area contributed by atoms with Gasteiger partial charge < -0.3 is 29.7 Å². The minimum absolute atomic E-state index is 0.0895. The second kappa shape index (κ2) is 13.6. The Balaban J connectivity index is 1.78. The number of esters is 2. The van der Waals surface area contributed by atoms with Crippen LogP contribution in [-0.4, -0.2) is 68.2 Å². The van der Waals surface area contributed by atoms with E-state index in [0.29, 0.717) is 44.9 Å². The number of ether oxygens (including phenoxy) is 2. The monoisotopic (exact) mass is 704 g/mol. The van der Waals surface area contributed by atoms with E-state index in [2.05, 4.69) is 16.5 Å². The van der Waals surface area contributed by atoms with Crippen molar-refractivity contribution in [1.29, 1.82) is 0 Å². The molecule has 0 saturated carbocycles. The van der Waals surface area contributed by atoms with Crippen molar-refractivity contribution in [2.45, 2.75) is 58.8 Å². The van der Waals surface area contributed by atoms with Gasteiger partial charge in [0.15, 0.2) is 0 Å². The second-order valence-corrected chi connectivity index (χ2v) is 13.3. The normalized spacial score (nSPS) is 17.9. The Hall–Kier alpha value is -6.04. The molecule has 0 aromatic carbocycles. The molecule has 2 unspecified atom stereocenters. The number of carboxylic acids is 2. The number of hydrogen-bond donors (Lipinski definition) is 4. The van der Waals surface area contributed by atoms with Crippen LogP contribution in [0.15, 0.2) is 48.6 Å². The first-order valence-corrected chi connectivity index (χ1v) is 16.8. The van der Waals surface area contributed by atoms with Crippen LogP contribution in [0.2, 0.25) is 0 Å². The van der Waals surface area contributed by atoms with Crippen LogP contribution in [0.1, 0.15) is 78.1 Å². The summed E-state index contributed by atoms with van der Waals surface area (Å²) in [7, 11) is 2.53. The lowest BCUT2D eigenvalue weighted by Gasteiger charge is -2.36. The molecule has 2 atom stereocenters. The number of carbonyl (C=O) groups is 4. The lowest BCUT2D eigenvalue weighted by atomic mass is 9.64. The number of fused-ring (bicyclic) bond motifs is 11. The first-order valence-electron chi connectivity index (χ1n) is 16.8. The molecule has 12 nitrogen and oxygen atoms in total. The van der Waals surface area contributed by atoms with E-state index < -0.39 is 35.2 Å². The predicted octanol–water partition coefficient (Wildman–Crippen LogP) is 6.63. The third kappa shape index (κ3) is 5.93. The number of methoxy groups -OCH3 is 2. The number of rotatable bonds is 9. The minimum Gasteiger partial charge on any atom is -0.481 e. The number of hydrogen-bond acceptors (Lipinski definition) is 8. The van der Waals surface area contributed by atoms with Crippen molar-refractivity contribution in [3.63, 3.8) is 0 Å². The van der Waals surface area contributed by atoms with Crippen molar-refractivity contribution in [3.05, 3.63) is 93.6 Å². The molecule has 0 saturated heterocycles. The summed E-state index contributed by atoms with van der Waals surface area (Å²) in [6.07, 6.45) is 5.35. The fourth-order valence-corrected chi connectivity index (χ4v) is 7.59. The standard InChI is InChI=1S/C40H40N4O8/c1-8-22-19(2)27-15-28-20(3)23(10-13-35(45)46)30(41-28)17-31-24(11-14-36(47)48)21(4)29(42-31)16-33-26-12-9-25(38(49)51-6)37(39(50)52-7)40(26,5)34(44-33)18-32(22)43-27/h8-9,12,15-18,37,42-43H,1,10-11,13-14H2,2-7H3,(H,45,46)(H,47,48). The molecule has 12 heteroatoms. The van der Waals surface area contributed by atoms with Crippen LogP contribution in [0.5, 0.6) is 0 Å². The van der Waals surface area contributed by atoms with Crippen molar-refractivity contribution >= 4 is 68.7 Å². The number of allylic oxidation sites excluding steroid dienone is 5. The highest BCUT2D eigenvalue weighted by Gasteiger charge is 2.53. The molecule has 5 heterocycles. The van der Waals surface area contributed by atoms with Crippen LogP contribution in [-0.2, 0) is 40.5 Å². The fraction of sp³-hybridized carbons (Fsp3) is 0.300. The van der Waals surface area contributed by atoms with Crippen molar-refractivity contribution in [2.24, 2.45) is 5.92 Å². The Kier molecular flexibility index (Phi) is 9.35. The van der Waals surface area contributed by atoms with Crippen LogP contribution in [0.25, 0.3) is 44.9 Å². The molecule has 3 aromatic rings. The summed E-state index contributed by atoms with van der Waals surface area (Å²) in [5.74, 6) is -4.27. The molecule has 8 bridgehead atoms. The fourth-order valence-electron chi connectivity index (χ4n) is 7.59. The Bertz CT molecular complexity index is 2360. The molecule has 3 aliphatic rings. The maximum atomic E-state index is 13.6. The molecular weight excluding hydrogens is 664 g/mol. The zero-order valence-corrected chi connectivity index (χ0v) is 29.9. The Morgan fingerprint density at radius 3 is 2.12 bits per heavy atom. The molecule has 0 radical (unpaired) electrons. The number of carboxylic acid groups (broad SMARTS) is 2. The molecule has 0 amide bonds. The van der Waals surface area contributed by atoms with Gasteiger partial charge in [-0.1, -0.05) is 24.8 Å². The third-order valence-corrected chi connectivity index (χ3v) is 10.5. The van der Waals surface area contributed by atoms with E-state index >= 15 is 0 Å². The van der Waals surface area contributed by atoms with Gasteiger partial charge in [-0.15, -0.1) is 0 Å². The number of aliphatic carboxylic acids is 2. The topological polar surface area (TPSA) is 185 Å². The summed E-state index contributed by atoms with van der Waals surface area (Å²) in [5, 5.41) is 19.2. The number of nitrogens with zero attached hydrogens (tertiary/aromatic N) is 2. The van der Waals surface area contributed by atoms with Gasteiger partial charge in [0, 0.05) is 40.5 Å². The van der Waals surface area contributed by atoms with Crippen LogP contribution < -0.4 is 0 Å². The molecule has 2 aliphatic heterocycles. The smallest absolute Gasteiger partial charge is 0.334 e. The SMILES string of the molecule is C=Cc1c(C)c2cc3nc(cc4[nH]c(cc5nc(cc1[nH]2)C1(C)C5=CC=C(C(=O)OC)C1C(=O)OC)c(C)c4CCC(=O)O)C(CCC(=O)O)=C3C. The number of carbonyl (C=O) groups excluding carboxylic acids is 2. The second-order valence-electron chi connectivity index (χ2n) is 13.3. The summed E-state index contributed by atoms with van der Waals surface area (Å²) in [6, 6.07) is 7.46. The maximum absolute atomic E-state index is 13.6. The molecular formula is C40H40N4O8. The van der Waals surface area contributed by atoms with E-state index in [1.807, 2.05) is 52.0 Å². The number of aromatic nitrogens is 4. The summed E-state index contributed by atoms with van der Waals surface area (Å²) >= 11 is 0. The number of nitrogens with one attached hydrogen (secondary N) is 2. The Morgan fingerprint density at radius 2 is 1.46 bits per heavy atom. The van der Waals surface area contributed by atoms with E-state index in [-0.39, 0.29) is 31.3 Å². The lowest BCUT2D eigenvalue weighted by molar-refractivity contribution is -0.149. The summed E-state index contributed by atoms with van der Waals surface area (Å²) < 4.78 is 10.4. The molecule has 3 aromatic heterocycles. The van der Waals surface area contributed by atoms with Gasteiger partial charge in [-0.05, 0) is 98.2 Å². The number of H-pyrrole nitrogens is 2. The Morgan fingerprint density at radius 1 is 0.827 bits per heavy atom. The minimum atomic E-state index is -1.18. The van der Waals surface area contributed by atoms with Crippen molar-refractivity contribution in [1.82, 2.24) is 19.9 Å². The average molecular weight is 705 g/mol. The molecule has 0 spiro atoms. The largest absolute Gasteiger partial charge is 0.481 e. The highest BCUT2D eigenvalue weighted by molar-refractivity contribution is 6.02. The molecule has 268 valence electrons. The molecule has 0 fully saturated rings. The van der Waals surface area contributed by atoms with Gasteiger partial charge >= 0.3 is 23.9 Å². The van der Waals surface area contributed by atoms with E-state index in [9.17, 15) is 29.4 Å². The van der Waals surface area contributed by atoms with Crippen LogP contribution in [0.4, 0.5) is 0 Å². The van der Waals surface area contributed by atoms with Gasteiger partial charge in [0.2, 0.25) is 0 Å². The zero-order valence-electron chi connectivity index (χ0n) is 29.9. The summed E-state index contributed by atoms with van der Waals surface area (Å²) in [5.41, 5.74) is 9.41. The predicted molar refractivity (Wildman–Crippen MR) is 197 cm³/mol. The van der Waals surface area contributed by atoms with E-state index in [1.54, 1.807) is 18.2 Å². The highest BCUT2D eigenvalue weighted by Crippen LogP contribution is 2.52. The first-order chi connectivity index (χ1) is 24.7. The zero-order chi connectivity index (χ0) is 37.6. The average Bonchev–Trinajstić information content (AvgIpc) is 3.76. The van der Waals surface area contributed by atoms with Crippen molar-refractivity contribution < 1.29 is 38.9 Å². The van der Waals surface area contributed by atoms with E-state index in [0.717, 1.165) is 38.9 Å². The van der Waals surface area contributed by atoms with Gasteiger partial charge in [0.05, 0.1) is 48.0 Å². The first kappa shape index (κ1) is 35.8. The highest BCUT2D eigenvalue weighted by atomic mass is 16.5. The lowest BCUT2D eigenvalue weighted by Crippen LogP contribution is -2.42. The quantitative estimate of drug-likeness (QED) is 0.176. The third-order valence-electron chi connectivity index (χ3n) is 10.5. The van der Waals surface area contributed by atoms with Gasteiger partial charge in [-0.3, -0.25) is 19.4 Å². The summed E-state index contributed by atoms with van der Waals surface area (Å²) in [6.45, 7) is 11.7. The molecule has 1 aliphatic carbocycles. The Labute approximate surface area is 299 Å². The van der Waals surface area contributed by atoms with Crippen LogP contribution in [0.3, 0.4) is 0 Å². The number of aromatic amines is 2. The van der Waals surface area contributed by atoms with Gasteiger partial charge in [-0.25, -0.2) is 9.78 Å². The van der Waals surface area contributed by atoms with Crippen molar-refractivity contribution in [2.75, 3.05) is 14.2 Å². The van der Waals surface area contributed by atoms with Gasteiger partial charge in [0.1, 0.15) is 5.92 Å². The van der Waals surface area contributed by atoms with Gasteiger partial charge in [-0.2, -0.15) is 0 Å². The molecule has 52 heavy (non-hydrogen) atoms. The van der Waals surface area contributed by atoms with E-state index in [4.69, 9.17) is 19.4 Å². The van der Waals surface area contributed by atoms with Gasteiger partial charge in [0.25, 0.3) is 0 Å². The van der Waals surface area contributed by atoms with E-state index in [1.165, 1.54) is 14.2 Å². The van der Waals surface area contributed by atoms with Crippen LogP contribution >= 0.6 is 0 Å². The van der Waals surface area contributed by atoms with Crippen molar-refractivity contribution in [3.8, 4) is 0 Å². The number of aryl methyl sites for hydroxylation is 3.